The van der Waals surface area contributed by atoms with Gasteiger partial charge in [-0.05, 0) is 169 Å². The normalized spacial score (nSPS) is 17.7. The van der Waals surface area contributed by atoms with E-state index >= 15 is 0 Å². The fourth-order valence-electron chi connectivity index (χ4n) is 10.9. The van der Waals surface area contributed by atoms with Crippen LogP contribution in [-0.4, -0.2) is 107 Å². The van der Waals surface area contributed by atoms with Gasteiger partial charge in [-0.1, -0.05) is 48.2 Å². The molecule has 18 nitrogen and oxygen atoms in total. The molecule has 3 aliphatic rings. The quantitative estimate of drug-likeness (QED) is 0.0112. The predicted molar refractivity (Wildman–Crippen MR) is 312 cm³/mol. The minimum Gasteiger partial charge on any atom is -0.748 e. The maximum Gasteiger partial charge on any atom is 0.209 e. The summed E-state index contributed by atoms with van der Waals surface area (Å²) in [6, 6.07) is 21.3. The molecular formula is C57H76N4O14PS4-. The number of anilines is 1. The van der Waals surface area contributed by atoms with Gasteiger partial charge >= 0.3 is 0 Å². The van der Waals surface area contributed by atoms with Crippen LogP contribution in [-0.2, 0) is 54.3 Å². The van der Waals surface area contributed by atoms with E-state index in [1.165, 1.54) is 12.1 Å². The molecule has 0 saturated carbocycles. The highest BCUT2D eigenvalue weighted by molar-refractivity contribution is 7.94. The first-order valence-corrected chi connectivity index (χ1v) is 33.0. The maximum absolute atomic E-state index is 12.3. The van der Waals surface area contributed by atoms with E-state index in [-0.39, 0.29) is 23.4 Å². The van der Waals surface area contributed by atoms with Crippen molar-refractivity contribution >= 4 is 75.3 Å². The maximum atomic E-state index is 12.3. The van der Waals surface area contributed by atoms with Gasteiger partial charge in [0.25, 0.3) is 0 Å². The molecule has 3 aromatic carbocycles. The number of allylic oxidation sites excluding steroid dienone is 8. The zero-order valence-electron chi connectivity index (χ0n) is 46.9. The Morgan fingerprint density at radius 2 is 1.60 bits per heavy atom. The number of unbranched alkanes of at least 4 members (excludes halogenated alkanes) is 3. The van der Waals surface area contributed by atoms with Gasteiger partial charge in [0.05, 0.1) is 51.8 Å². The molecule has 3 aromatic rings. The summed E-state index contributed by atoms with van der Waals surface area (Å²) in [5.41, 5.74) is 8.12. The summed E-state index contributed by atoms with van der Waals surface area (Å²) in [6.07, 6.45) is 15.6. The first kappa shape index (κ1) is 65.2. The van der Waals surface area contributed by atoms with Crippen molar-refractivity contribution in [1.29, 1.82) is 5.26 Å². The van der Waals surface area contributed by atoms with Crippen LogP contribution in [0.4, 0.5) is 11.4 Å². The number of fused-ring (bicyclic) bond motifs is 2. The van der Waals surface area contributed by atoms with E-state index in [0.717, 1.165) is 107 Å². The van der Waals surface area contributed by atoms with Crippen LogP contribution in [0.15, 0.2) is 112 Å². The Morgan fingerprint density at radius 3 is 2.30 bits per heavy atom. The fraction of sp³-hybridized carbons (Fsp3) is 0.509. The van der Waals surface area contributed by atoms with E-state index in [1.807, 2.05) is 44.2 Å². The Morgan fingerprint density at radius 1 is 0.850 bits per heavy atom. The second kappa shape index (κ2) is 30.0. The van der Waals surface area contributed by atoms with Crippen LogP contribution in [0.25, 0.3) is 5.57 Å². The molecule has 1 atom stereocenters. The van der Waals surface area contributed by atoms with Gasteiger partial charge in [-0.3, -0.25) is 4.67 Å². The summed E-state index contributed by atoms with van der Waals surface area (Å²) in [7, 11) is -10.1. The number of nitriles is 1. The van der Waals surface area contributed by atoms with Crippen molar-refractivity contribution in [2.75, 3.05) is 48.9 Å². The zero-order chi connectivity index (χ0) is 58.3. The molecule has 0 amide bonds. The standard InChI is InChI=1S/C57H77N4O14PS4/c1-41(2)61(42(3)4)76(35-17-30-58)71-34-12-11-33-70-46-21-16-20-45(38-46)55-43(22-28-53-56(5,6)49-39-47(78-75-73-63)24-26-51(49)60(53)32-10-14-37-79(64,65)66)18-15-19-44(55)23-29-54-57(7,8)50-40-48(80(67,68)69)25-27-52(50)59(54)31-9-13-36-77-74-72-62/h16,20-29,38-42H,9-15,17-19,31-37H2,1-8H3,(H3-,62,63,64,65,66,67,68,69)/p-1. The van der Waals surface area contributed by atoms with Crippen LogP contribution < -0.4 is 9.64 Å². The van der Waals surface area contributed by atoms with Crippen LogP contribution in [0.1, 0.15) is 136 Å². The first-order chi connectivity index (χ1) is 38.0. The topological polar surface area (TPSA) is 244 Å². The minimum atomic E-state index is -4.74. The predicted octanol–water partition coefficient (Wildman–Crippen LogP) is 12.9. The van der Waals surface area contributed by atoms with E-state index in [9.17, 15) is 31.2 Å². The molecule has 0 saturated heterocycles. The highest BCUT2D eigenvalue weighted by atomic mass is 32.2. The van der Waals surface area contributed by atoms with E-state index in [0.29, 0.717) is 80.1 Å². The summed E-state index contributed by atoms with van der Waals surface area (Å²) in [5.74, 6) is 0.791. The summed E-state index contributed by atoms with van der Waals surface area (Å²) in [6.45, 7) is 19.0. The largest absolute Gasteiger partial charge is 0.748 e. The van der Waals surface area contributed by atoms with Crippen molar-refractivity contribution in [3.05, 3.63) is 119 Å². The lowest BCUT2D eigenvalue weighted by atomic mass is 9.79. The third kappa shape index (κ3) is 17.3. The van der Waals surface area contributed by atoms with Crippen molar-refractivity contribution in [2.24, 2.45) is 0 Å². The molecule has 6 rings (SSSR count). The molecule has 80 heavy (non-hydrogen) atoms. The van der Waals surface area contributed by atoms with Gasteiger partial charge < -0.3 is 23.3 Å². The lowest BCUT2D eigenvalue weighted by molar-refractivity contribution is -0.438. The molecular weight excluding hydrogens is 1120 g/mol. The number of rotatable bonds is 32. The Bertz CT molecular complexity index is 3040. The van der Waals surface area contributed by atoms with Gasteiger partial charge in [0.1, 0.15) is 30.7 Å². The number of hydrogen-bond acceptors (Lipinski definition) is 19. The summed E-state index contributed by atoms with van der Waals surface area (Å²) >= 11 is 1.84. The first-order valence-electron chi connectivity index (χ1n) is 27.0. The number of benzene rings is 3. The monoisotopic (exact) mass is 1200 g/mol. The van der Waals surface area contributed by atoms with Gasteiger partial charge in [0, 0.05) is 101 Å². The van der Waals surface area contributed by atoms with Crippen molar-refractivity contribution in [2.45, 2.75) is 152 Å². The molecule has 2 aliphatic heterocycles. The SMILES string of the molecule is CC(C)N(C(C)C)P(CCC#N)OCCCCOc1cccc(C2=C(/C=C/C3=[N+](CCCCS(=O)(=O)[O-])c4ccc(SOOO)cc4C3(C)C)CCC/C2=C\C=C2\N(CCCCSOOO)c3ccc(S(=O)(=O)[O-])cc3C2(C)C)c1. The third-order valence-electron chi connectivity index (χ3n) is 14.5. The average molecular weight is 1200 g/mol. The van der Waals surface area contributed by atoms with Crippen molar-refractivity contribution in [1.82, 2.24) is 4.67 Å². The van der Waals surface area contributed by atoms with Crippen molar-refractivity contribution in [3.8, 4) is 11.8 Å². The fourth-order valence-corrected chi connectivity index (χ4v) is 14.9. The molecule has 438 valence electrons. The molecule has 0 spiro atoms. The Hall–Kier alpha value is -3.99. The molecule has 23 heteroatoms. The molecule has 2 N–H and O–H groups in total. The summed E-state index contributed by atoms with van der Waals surface area (Å²) in [4.78, 5) is 2.57. The second-order valence-corrected chi connectivity index (χ2v) is 27.7. The molecule has 1 unspecified atom stereocenters. The number of ether oxygens (including phenoxy) is 1. The Balaban J connectivity index is 1.41. The number of hydrogen-bond donors (Lipinski definition) is 2. The van der Waals surface area contributed by atoms with Gasteiger partial charge in [-0.15, -0.1) is 8.67 Å². The molecule has 1 aliphatic carbocycles. The minimum absolute atomic E-state index is 0.196. The van der Waals surface area contributed by atoms with Crippen LogP contribution in [0.5, 0.6) is 5.75 Å². The van der Waals surface area contributed by atoms with E-state index in [1.54, 1.807) is 6.07 Å². The van der Waals surface area contributed by atoms with Crippen LogP contribution >= 0.6 is 32.4 Å². The molecule has 0 radical (unpaired) electrons. The lowest BCUT2D eigenvalue weighted by Crippen LogP contribution is -2.33. The molecule has 0 aromatic heterocycles. The molecule has 0 bridgehead atoms. The van der Waals surface area contributed by atoms with E-state index in [2.05, 4.69) is 113 Å². The zero-order valence-corrected chi connectivity index (χ0v) is 51.1. The van der Waals surface area contributed by atoms with Crippen LogP contribution in [0.3, 0.4) is 0 Å². The molecule has 2 heterocycles. The van der Waals surface area contributed by atoms with E-state index < -0.39 is 45.1 Å². The Kier molecular flexibility index (Phi) is 24.4. The van der Waals surface area contributed by atoms with Crippen molar-refractivity contribution in [3.63, 3.8) is 0 Å². The smallest absolute Gasteiger partial charge is 0.209 e. The van der Waals surface area contributed by atoms with Crippen molar-refractivity contribution < 1.29 is 69.0 Å². The summed E-state index contributed by atoms with van der Waals surface area (Å²) in [5, 5.41) is 34.6. The van der Waals surface area contributed by atoms with Gasteiger partial charge in [-0.25, -0.2) is 27.4 Å². The highest BCUT2D eigenvalue weighted by Crippen LogP contribution is 2.50. The average Bonchev–Trinajstić information content (AvgIpc) is 4.03. The Labute approximate surface area is 483 Å². The highest BCUT2D eigenvalue weighted by Gasteiger charge is 2.45. The summed E-state index contributed by atoms with van der Waals surface area (Å²) < 4.78 is 98.7. The third-order valence-corrected chi connectivity index (χ3v) is 19.8. The number of nitrogens with zero attached hydrogens (tertiary/aromatic N) is 4. The second-order valence-electron chi connectivity index (χ2n) is 21.4. The van der Waals surface area contributed by atoms with E-state index in [4.69, 9.17) is 24.1 Å². The van der Waals surface area contributed by atoms with Gasteiger partial charge in [0.2, 0.25) is 5.69 Å². The van der Waals surface area contributed by atoms with Crippen LogP contribution in [0, 0.1) is 11.3 Å². The lowest BCUT2D eigenvalue weighted by Gasteiger charge is -2.37. The molecule has 0 fully saturated rings. The van der Waals surface area contributed by atoms with Gasteiger partial charge in [0.15, 0.2) is 5.71 Å². The van der Waals surface area contributed by atoms with Gasteiger partial charge in [-0.2, -0.15) is 9.84 Å². The van der Waals surface area contributed by atoms with Crippen LogP contribution in [0.2, 0.25) is 0 Å².